The van der Waals surface area contributed by atoms with Crippen molar-refractivity contribution in [2.75, 3.05) is 55.7 Å². The standard InChI is InChI=1S/C19H22FN3O3S3/c20-15-3-1-2-4-16(15)21-6-8-22(9-7-21)19(24)18-17(5-12-28-18)29(25,26)23-10-13-27-14-11-23/h1-5,12H,6-11,13-14H2. The van der Waals surface area contributed by atoms with Crippen molar-refractivity contribution in [3.05, 3.63) is 46.4 Å². The van der Waals surface area contributed by atoms with E-state index in [1.54, 1.807) is 40.2 Å². The normalized spacial score (nSPS) is 18.8. The summed E-state index contributed by atoms with van der Waals surface area (Å²) in [5.74, 6) is 0.992. The summed E-state index contributed by atoms with van der Waals surface area (Å²) in [5, 5.41) is 1.66. The first-order chi connectivity index (χ1) is 14.0. The molecule has 0 N–H and O–H groups in total. The van der Waals surface area contributed by atoms with Gasteiger partial charge in [0, 0.05) is 50.8 Å². The molecule has 0 atom stereocenters. The summed E-state index contributed by atoms with van der Waals surface area (Å²) in [6, 6.07) is 8.13. The van der Waals surface area contributed by atoms with Crippen LogP contribution in [0.4, 0.5) is 10.1 Å². The van der Waals surface area contributed by atoms with E-state index in [1.807, 2.05) is 4.90 Å². The maximum atomic E-state index is 14.0. The first kappa shape index (κ1) is 20.6. The van der Waals surface area contributed by atoms with E-state index in [0.29, 0.717) is 45.0 Å². The summed E-state index contributed by atoms with van der Waals surface area (Å²) < 4.78 is 41.6. The quantitative estimate of drug-likeness (QED) is 0.709. The summed E-state index contributed by atoms with van der Waals surface area (Å²) in [4.78, 5) is 17.0. The highest BCUT2D eigenvalue weighted by Gasteiger charge is 2.33. The van der Waals surface area contributed by atoms with Crippen molar-refractivity contribution in [3.8, 4) is 0 Å². The lowest BCUT2D eigenvalue weighted by atomic mass is 10.2. The number of piperazine rings is 1. The van der Waals surface area contributed by atoms with Crippen LogP contribution in [0.5, 0.6) is 0 Å². The number of amides is 1. The van der Waals surface area contributed by atoms with E-state index in [4.69, 9.17) is 0 Å². The molecule has 1 amide bonds. The predicted octanol–water partition coefficient (Wildman–Crippen LogP) is 2.59. The summed E-state index contributed by atoms with van der Waals surface area (Å²) in [6.07, 6.45) is 0. The SMILES string of the molecule is O=C(c1sccc1S(=O)(=O)N1CCSCC1)N1CCN(c2ccccc2F)CC1. The Hall–Kier alpha value is -1.62. The van der Waals surface area contributed by atoms with Crippen LogP contribution < -0.4 is 4.90 Å². The third kappa shape index (κ3) is 4.16. The van der Waals surface area contributed by atoms with Crippen molar-refractivity contribution in [1.29, 1.82) is 0 Å². The molecule has 6 nitrogen and oxygen atoms in total. The fraction of sp³-hybridized carbons (Fsp3) is 0.421. The maximum Gasteiger partial charge on any atom is 0.265 e. The van der Waals surface area contributed by atoms with Gasteiger partial charge in [-0.05, 0) is 23.6 Å². The fourth-order valence-corrected chi connectivity index (χ4v) is 7.52. The largest absolute Gasteiger partial charge is 0.366 e. The molecule has 0 saturated carbocycles. The lowest BCUT2D eigenvalue weighted by Crippen LogP contribution is -2.49. The van der Waals surface area contributed by atoms with Crippen LogP contribution in [0.3, 0.4) is 0 Å². The van der Waals surface area contributed by atoms with Gasteiger partial charge in [-0.1, -0.05) is 12.1 Å². The van der Waals surface area contributed by atoms with Crippen molar-refractivity contribution in [1.82, 2.24) is 9.21 Å². The van der Waals surface area contributed by atoms with Crippen molar-refractivity contribution in [2.24, 2.45) is 0 Å². The average molecular weight is 456 g/mol. The van der Waals surface area contributed by atoms with E-state index >= 15 is 0 Å². The Balaban J connectivity index is 1.48. The molecule has 10 heteroatoms. The summed E-state index contributed by atoms with van der Waals surface area (Å²) in [6.45, 7) is 2.79. The molecule has 2 fully saturated rings. The molecule has 2 aliphatic rings. The van der Waals surface area contributed by atoms with Crippen LogP contribution in [0.25, 0.3) is 0 Å². The van der Waals surface area contributed by atoms with Crippen LogP contribution in [0.1, 0.15) is 9.67 Å². The van der Waals surface area contributed by atoms with Gasteiger partial charge in [-0.2, -0.15) is 16.1 Å². The number of sulfonamides is 1. The van der Waals surface area contributed by atoms with Gasteiger partial charge in [0.15, 0.2) is 0 Å². The zero-order chi connectivity index (χ0) is 20.4. The number of rotatable bonds is 4. The summed E-state index contributed by atoms with van der Waals surface area (Å²) in [7, 11) is -3.67. The van der Waals surface area contributed by atoms with Crippen molar-refractivity contribution in [3.63, 3.8) is 0 Å². The average Bonchev–Trinajstić information content (AvgIpc) is 3.25. The molecule has 2 aliphatic heterocycles. The van der Waals surface area contributed by atoms with Crippen LogP contribution >= 0.6 is 23.1 Å². The number of benzene rings is 1. The molecular weight excluding hydrogens is 433 g/mol. The molecule has 2 aromatic rings. The van der Waals surface area contributed by atoms with Gasteiger partial charge >= 0.3 is 0 Å². The highest BCUT2D eigenvalue weighted by atomic mass is 32.2. The van der Waals surface area contributed by atoms with Gasteiger partial charge in [-0.15, -0.1) is 11.3 Å². The van der Waals surface area contributed by atoms with Crippen LogP contribution in [0.15, 0.2) is 40.6 Å². The Morgan fingerprint density at radius 3 is 2.34 bits per heavy atom. The Labute approximate surface area is 178 Å². The van der Waals surface area contributed by atoms with Gasteiger partial charge in [0.25, 0.3) is 5.91 Å². The van der Waals surface area contributed by atoms with Gasteiger partial charge in [-0.3, -0.25) is 4.79 Å². The number of anilines is 1. The third-order valence-electron chi connectivity index (χ3n) is 5.17. The number of carbonyl (C=O) groups excluding carboxylic acids is 1. The van der Waals surface area contributed by atoms with E-state index < -0.39 is 10.0 Å². The van der Waals surface area contributed by atoms with Crippen LogP contribution in [-0.4, -0.2) is 74.3 Å². The molecule has 2 saturated heterocycles. The number of para-hydroxylation sites is 1. The predicted molar refractivity (Wildman–Crippen MR) is 115 cm³/mol. The first-order valence-electron chi connectivity index (χ1n) is 9.42. The second-order valence-electron chi connectivity index (χ2n) is 6.86. The van der Waals surface area contributed by atoms with Crippen LogP contribution in [-0.2, 0) is 10.0 Å². The van der Waals surface area contributed by atoms with Gasteiger partial charge in [-0.25, -0.2) is 12.8 Å². The van der Waals surface area contributed by atoms with Gasteiger partial charge in [0.05, 0.1) is 5.69 Å². The molecule has 0 radical (unpaired) electrons. The zero-order valence-corrected chi connectivity index (χ0v) is 18.2. The molecule has 1 aromatic heterocycles. The number of thioether (sulfide) groups is 1. The second-order valence-corrected chi connectivity index (χ2v) is 10.9. The number of hydrogen-bond acceptors (Lipinski definition) is 6. The van der Waals surface area contributed by atoms with E-state index in [-0.39, 0.29) is 21.5 Å². The molecule has 4 rings (SSSR count). The molecule has 3 heterocycles. The van der Waals surface area contributed by atoms with E-state index in [1.165, 1.54) is 27.8 Å². The monoisotopic (exact) mass is 455 g/mol. The molecule has 0 unspecified atom stereocenters. The number of carbonyl (C=O) groups is 1. The van der Waals surface area contributed by atoms with Crippen molar-refractivity contribution >= 4 is 44.7 Å². The number of hydrogen-bond donors (Lipinski definition) is 0. The molecule has 1 aromatic carbocycles. The number of nitrogens with zero attached hydrogens (tertiary/aromatic N) is 3. The van der Waals surface area contributed by atoms with E-state index in [9.17, 15) is 17.6 Å². The van der Waals surface area contributed by atoms with E-state index in [0.717, 1.165) is 11.5 Å². The molecule has 29 heavy (non-hydrogen) atoms. The Kier molecular flexibility index (Phi) is 6.14. The van der Waals surface area contributed by atoms with Crippen molar-refractivity contribution < 1.29 is 17.6 Å². The maximum absolute atomic E-state index is 14.0. The Bertz CT molecular complexity index is 981. The number of thiophene rings is 1. The van der Waals surface area contributed by atoms with Crippen molar-refractivity contribution in [2.45, 2.75) is 4.90 Å². The molecular formula is C19H22FN3O3S3. The van der Waals surface area contributed by atoms with Crippen LogP contribution in [0, 0.1) is 5.82 Å². The minimum Gasteiger partial charge on any atom is -0.366 e. The smallest absolute Gasteiger partial charge is 0.265 e. The topological polar surface area (TPSA) is 60.9 Å². The minimum absolute atomic E-state index is 0.107. The van der Waals surface area contributed by atoms with Gasteiger partial charge < -0.3 is 9.80 Å². The highest BCUT2D eigenvalue weighted by molar-refractivity contribution is 7.99. The lowest BCUT2D eigenvalue weighted by molar-refractivity contribution is 0.0748. The number of halogens is 1. The zero-order valence-electron chi connectivity index (χ0n) is 15.8. The van der Waals surface area contributed by atoms with E-state index in [2.05, 4.69) is 0 Å². The second kappa shape index (κ2) is 8.63. The first-order valence-corrected chi connectivity index (χ1v) is 12.9. The molecule has 0 bridgehead atoms. The Morgan fingerprint density at radius 1 is 0.966 bits per heavy atom. The van der Waals surface area contributed by atoms with Gasteiger partial charge in [0.2, 0.25) is 10.0 Å². The van der Waals surface area contributed by atoms with Gasteiger partial charge in [0.1, 0.15) is 15.6 Å². The molecule has 0 spiro atoms. The summed E-state index contributed by atoms with van der Waals surface area (Å²) in [5.41, 5.74) is 0.530. The third-order valence-corrected chi connectivity index (χ3v) is 9.09. The summed E-state index contributed by atoms with van der Waals surface area (Å²) >= 11 is 2.90. The molecule has 156 valence electrons. The molecule has 0 aliphatic carbocycles. The Morgan fingerprint density at radius 2 is 1.66 bits per heavy atom. The van der Waals surface area contributed by atoms with Crippen LogP contribution in [0.2, 0.25) is 0 Å². The highest BCUT2D eigenvalue weighted by Crippen LogP contribution is 2.29. The fourth-order valence-electron chi connectivity index (χ4n) is 3.58. The minimum atomic E-state index is -3.67. The lowest BCUT2D eigenvalue weighted by Gasteiger charge is -2.36.